The maximum absolute atomic E-state index is 11.5. The zero-order valence-electron chi connectivity index (χ0n) is 7.29. The maximum atomic E-state index is 11.5. The van der Waals surface area contributed by atoms with Gasteiger partial charge in [-0.25, -0.2) is 0 Å². The summed E-state index contributed by atoms with van der Waals surface area (Å²) < 4.78 is 12.5. The third-order valence-electron chi connectivity index (χ3n) is 1.65. The highest BCUT2D eigenvalue weighted by Crippen LogP contribution is 2.14. The van der Waals surface area contributed by atoms with Crippen molar-refractivity contribution in [1.82, 2.24) is 0 Å². The first kappa shape index (κ1) is 9.93. The molecule has 0 saturated heterocycles. The number of hydrogen-bond donors (Lipinski definition) is 0. The van der Waals surface area contributed by atoms with E-state index in [-0.39, 0.29) is 0 Å². The third kappa shape index (κ3) is 3.07. The van der Waals surface area contributed by atoms with Crippen LogP contribution >= 0.6 is 11.3 Å². The number of thiophene rings is 1. The molecule has 0 unspecified atom stereocenters. The van der Waals surface area contributed by atoms with Crippen molar-refractivity contribution in [3.63, 3.8) is 0 Å². The summed E-state index contributed by atoms with van der Waals surface area (Å²) in [5, 5.41) is 1.98. The van der Waals surface area contributed by atoms with E-state index in [1.807, 2.05) is 17.5 Å². The minimum absolute atomic E-state index is 0.735. The van der Waals surface area contributed by atoms with E-state index < -0.39 is 10.8 Å². The van der Waals surface area contributed by atoms with E-state index in [4.69, 9.17) is 0 Å². The summed E-state index contributed by atoms with van der Waals surface area (Å²) in [7, 11) is -0.735. The quantitative estimate of drug-likeness (QED) is 0.671. The molecule has 0 fully saturated rings. The van der Waals surface area contributed by atoms with Crippen LogP contribution in [-0.4, -0.2) is 9.96 Å². The van der Waals surface area contributed by atoms with Crippen LogP contribution in [0.1, 0.15) is 26.2 Å². The summed E-state index contributed by atoms with van der Waals surface area (Å²) in [5.74, 6) is 0.828. The van der Waals surface area contributed by atoms with Crippen molar-refractivity contribution >= 4 is 22.1 Å². The van der Waals surface area contributed by atoms with Gasteiger partial charge < -0.3 is 0 Å². The Labute approximate surface area is 80.3 Å². The van der Waals surface area contributed by atoms with Crippen molar-refractivity contribution in [2.24, 2.45) is 0 Å². The monoisotopic (exact) mass is 202 g/mol. The van der Waals surface area contributed by atoms with E-state index >= 15 is 0 Å². The molecule has 1 heterocycles. The highest BCUT2D eigenvalue weighted by molar-refractivity contribution is 7.87. The first-order valence-electron chi connectivity index (χ1n) is 4.26. The molecule has 12 heavy (non-hydrogen) atoms. The van der Waals surface area contributed by atoms with E-state index in [0.29, 0.717) is 0 Å². The predicted octanol–water partition coefficient (Wildman–Crippen LogP) is 3.05. The van der Waals surface area contributed by atoms with Gasteiger partial charge in [0.1, 0.15) is 0 Å². The Morgan fingerprint density at radius 1 is 1.50 bits per heavy atom. The van der Waals surface area contributed by atoms with Gasteiger partial charge in [0.15, 0.2) is 0 Å². The zero-order chi connectivity index (χ0) is 8.81. The standard InChI is InChI=1S/C9H14OS2/c1-2-3-4-8-12(10)9-6-5-7-11-9/h5-7H,2-4,8H2,1H3/t12-/m0/s1. The molecule has 0 aromatic carbocycles. The van der Waals surface area contributed by atoms with Crippen LogP contribution < -0.4 is 0 Å². The first-order valence-corrected chi connectivity index (χ1v) is 6.46. The van der Waals surface area contributed by atoms with E-state index in [2.05, 4.69) is 6.92 Å². The van der Waals surface area contributed by atoms with Crippen LogP contribution in [0.5, 0.6) is 0 Å². The minimum Gasteiger partial charge on any atom is -0.254 e. The number of unbranched alkanes of at least 4 members (excludes halogenated alkanes) is 2. The van der Waals surface area contributed by atoms with Crippen LogP contribution in [0.3, 0.4) is 0 Å². The van der Waals surface area contributed by atoms with Gasteiger partial charge in [0, 0.05) is 5.75 Å². The molecule has 0 aliphatic carbocycles. The second-order valence-corrected chi connectivity index (χ2v) is 5.43. The Bertz CT molecular complexity index is 229. The Morgan fingerprint density at radius 2 is 2.33 bits per heavy atom. The smallest absolute Gasteiger partial charge is 0.0910 e. The lowest BCUT2D eigenvalue weighted by atomic mass is 10.3. The predicted molar refractivity (Wildman–Crippen MR) is 55.1 cm³/mol. The average Bonchev–Trinajstić information content (AvgIpc) is 2.56. The summed E-state index contributed by atoms with van der Waals surface area (Å²) in [6.07, 6.45) is 3.47. The number of hydrogen-bond acceptors (Lipinski definition) is 2. The van der Waals surface area contributed by atoms with Gasteiger partial charge >= 0.3 is 0 Å². The second kappa shape index (κ2) is 5.49. The average molecular weight is 202 g/mol. The summed E-state index contributed by atoms with van der Waals surface area (Å²) in [6, 6.07) is 3.91. The molecule has 0 N–H and O–H groups in total. The molecule has 1 aromatic rings. The van der Waals surface area contributed by atoms with Crippen molar-refractivity contribution in [3.8, 4) is 0 Å². The van der Waals surface area contributed by atoms with Gasteiger partial charge in [-0.1, -0.05) is 25.8 Å². The van der Waals surface area contributed by atoms with Crippen LogP contribution in [0.2, 0.25) is 0 Å². The molecular weight excluding hydrogens is 188 g/mol. The zero-order valence-corrected chi connectivity index (χ0v) is 8.92. The highest BCUT2D eigenvalue weighted by atomic mass is 32.2. The van der Waals surface area contributed by atoms with Crippen LogP contribution in [0.25, 0.3) is 0 Å². The molecule has 1 aromatic heterocycles. The molecular formula is C9H14OS2. The van der Waals surface area contributed by atoms with Crippen molar-refractivity contribution in [1.29, 1.82) is 0 Å². The molecule has 0 aliphatic heterocycles. The lowest BCUT2D eigenvalue weighted by Gasteiger charge is -1.96. The highest BCUT2D eigenvalue weighted by Gasteiger charge is 2.02. The van der Waals surface area contributed by atoms with Crippen LogP contribution in [0.15, 0.2) is 21.7 Å². The van der Waals surface area contributed by atoms with E-state index in [0.717, 1.165) is 16.4 Å². The molecule has 1 nitrogen and oxygen atoms in total. The van der Waals surface area contributed by atoms with Gasteiger partial charge in [-0.3, -0.25) is 4.21 Å². The fraction of sp³-hybridized carbons (Fsp3) is 0.556. The fourth-order valence-electron chi connectivity index (χ4n) is 0.977. The van der Waals surface area contributed by atoms with Crippen molar-refractivity contribution in [2.45, 2.75) is 30.4 Å². The van der Waals surface area contributed by atoms with E-state index in [9.17, 15) is 4.21 Å². The Hall–Kier alpha value is -0.150. The van der Waals surface area contributed by atoms with Gasteiger partial charge in [-0.15, -0.1) is 11.3 Å². The molecule has 0 saturated carbocycles. The first-order chi connectivity index (χ1) is 5.84. The summed E-state index contributed by atoms with van der Waals surface area (Å²) >= 11 is 1.59. The Balaban J connectivity index is 2.30. The van der Waals surface area contributed by atoms with Gasteiger partial charge in [0.2, 0.25) is 0 Å². The Morgan fingerprint density at radius 3 is 2.92 bits per heavy atom. The molecule has 0 spiro atoms. The summed E-state index contributed by atoms with van der Waals surface area (Å²) in [6.45, 7) is 2.16. The molecule has 1 atom stereocenters. The van der Waals surface area contributed by atoms with Crippen LogP contribution in [0, 0.1) is 0 Å². The third-order valence-corrected chi connectivity index (χ3v) is 4.41. The molecule has 0 amide bonds. The van der Waals surface area contributed by atoms with Gasteiger partial charge in [0.05, 0.1) is 15.0 Å². The van der Waals surface area contributed by atoms with Crippen molar-refractivity contribution in [2.75, 3.05) is 5.75 Å². The normalized spacial score (nSPS) is 13.1. The van der Waals surface area contributed by atoms with Gasteiger partial charge in [0.25, 0.3) is 0 Å². The largest absolute Gasteiger partial charge is 0.254 e. The maximum Gasteiger partial charge on any atom is 0.0910 e. The van der Waals surface area contributed by atoms with Gasteiger partial charge in [-0.05, 0) is 17.9 Å². The molecule has 0 aliphatic rings. The van der Waals surface area contributed by atoms with E-state index in [1.54, 1.807) is 11.3 Å². The fourth-order valence-corrected chi connectivity index (χ4v) is 3.17. The second-order valence-electron chi connectivity index (χ2n) is 2.69. The van der Waals surface area contributed by atoms with Crippen LogP contribution in [0.4, 0.5) is 0 Å². The molecule has 3 heteroatoms. The molecule has 1 rings (SSSR count). The van der Waals surface area contributed by atoms with Crippen molar-refractivity contribution < 1.29 is 4.21 Å². The topological polar surface area (TPSA) is 17.1 Å². The molecule has 68 valence electrons. The molecule has 0 bridgehead atoms. The minimum atomic E-state index is -0.735. The lowest BCUT2D eigenvalue weighted by Crippen LogP contribution is -1.95. The van der Waals surface area contributed by atoms with Gasteiger partial charge in [-0.2, -0.15) is 0 Å². The van der Waals surface area contributed by atoms with Crippen molar-refractivity contribution in [3.05, 3.63) is 17.5 Å². The number of rotatable bonds is 5. The lowest BCUT2D eigenvalue weighted by molar-refractivity contribution is 0.677. The summed E-state index contributed by atoms with van der Waals surface area (Å²) in [4.78, 5) is 0. The Kier molecular flexibility index (Phi) is 4.54. The summed E-state index contributed by atoms with van der Waals surface area (Å²) in [5.41, 5.74) is 0. The SMILES string of the molecule is CCCCC[S@](=O)c1cccs1. The van der Waals surface area contributed by atoms with E-state index in [1.165, 1.54) is 12.8 Å². The molecule has 0 radical (unpaired) electrons. The van der Waals surface area contributed by atoms with Crippen LogP contribution in [-0.2, 0) is 10.8 Å².